The van der Waals surface area contributed by atoms with Gasteiger partial charge in [-0.25, -0.2) is 0 Å². The van der Waals surface area contributed by atoms with Crippen LogP contribution in [0.3, 0.4) is 0 Å². The summed E-state index contributed by atoms with van der Waals surface area (Å²) in [5, 5.41) is 4.62. The molecule has 0 spiro atoms. The molecule has 3 N–H and O–H groups in total. The maximum Gasteiger partial charge on any atom is 0.261 e. The van der Waals surface area contributed by atoms with Crippen LogP contribution in [0.1, 0.15) is 42.8 Å². The van der Waals surface area contributed by atoms with Crippen LogP contribution in [0.5, 0.6) is 0 Å². The number of nitrogens with one attached hydrogen (secondary N) is 1. The Labute approximate surface area is 141 Å². The van der Waals surface area contributed by atoms with E-state index in [1.807, 2.05) is 23.3 Å². The topological polar surface area (TPSA) is 75.4 Å². The van der Waals surface area contributed by atoms with E-state index in [2.05, 4.69) is 5.32 Å². The highest BCUT2D eigenvalue weighted by Crippen LogP contribution is 2.20. The van der Waals surface area contributed by atoms with E-state index in [0.29, 0.717) is 4.88 Å². The Bertz CT molecular complexity index is 493. The Morgan fingerprint density at radius 2 is 2.14 bits per heavy atom. The van der Waals surface area contributed by atoms with E-state index in [1.165, 1.54) is 11.3 Å². The van der Waals surface area contributed by atoms with Crippen molar-refractivity contribution in [3.05, 3.63) is 22.4 Å². The van der Waals surface area contributed by atoms with E-state index >= 15 is 0 Å². The fraction of sp³-hybridized carbons (Fsp3) is 0.600. The number of piperidine rings is 1. The number of thiophene rings is 1. The summed E-state index contributed by atoms with van der Waals surface area (Å²) in [6.45, 7) is 4.40. The summed E-state index contributed by atoms with van der Waals surface area (Å²) in [5.74, 6) is -0.234. The normalized spacial score (nSPS) is 20.7. The Hall–Kier alpha value is -1.11. The average molecular weight is 346 g/mol. The molecule has 7 heteroatoms. The fourth-order valence-electron chi connectivity index (χ4n) is 2.76. The predicted molar refractivity (Wildman–Crippen MR) is 91.5 cm³/mol. The third kappa shape index (κ3) is 4.44. The molecule has 2 heterocycles. The van der Waals surface area contributed by atoms with Crippen LogP contribution in [0.25, 0.3) is 0 Å². The summed E-state index contributed by atoms with van der Waals surface area (Å²) < 4.78 is 0. The number of nitrogens with zero attached hydrogens (tertiary/aromatic N) is 1. The second-order valence-corrected chi connectivity index (χ2v) is 6.57. The lowest BCUT2D eigenvalue weighted by atomic mass is 9.96. The molecule has 2 rings (SSSR count). The maximum absolute atomic E-state index is 12.6. The van der Waals surface area contributed by atoms with E-state index < -0.39 is 6.04 Å². The number of carbonyl (C=O) groups is 2. The molecule has 0 aromatic carbocycles. The number of carbonyl (C=O) groups excluding carboxylic acids is 2. The quantitative estimate of drug-likeness (QED) is 0.876. The van der Waals surface area contributed by atoms with Crippen molar-refractivity contribution < 1.29 is 9.59 Å². The van der Waals surface area contributed by atoms with Crippen LogP contribution in [0.15, 0.2) is 17.5 Å². The second kappa shape index (κ2) is 8.50. The van der Waals surface area contributed by atoms with Crippen molar-refractivity contribution in [2.45, 2.75) is 51.2 Å². The predicted octanol–water partition coefficient (Wildman–Crippen LogP) is 2.02. The van der Waals surface area contributed by atoms with Gasteiger partial charge in [-0.3, -0.25) is 9.59 Å². The first-order valence-corrected chi connectivity index (χ1v) is 8.29. The molecule has 1 fully saturated rings. The number of likely N-dealkylation sites (tertiary alicyclic amines) is 1. The molecule has 1 aromatic heterocycles. The van der Waals surface area contributed by atoms with Crippen molar-refractivity contribution in [1.29, 1.82) is 0 Å². The highest BCUT2D eigenvalue weighted by molar-refractivity contribution is 7.12. The van der Waals surface area contributed by atoms with Gasteiger partial charge in [-0.05, 0) is 44.6 Å². The minimum Gasteiger partial charge on any atom is -0.340 e. The van der Waals surface area contributed by atoms with Gasteiger partial charge < -0.3 is 16.0 Å². The summed E-state index contributed by atoms with van der Waals surface area (Å²) in [6.07, 6.45) is 3.04. The first kappa shape index (κ1) is 18.9. The van der Waals surface area contributed by atoms with Crippen molar-refractivity contribution in [2.75, 3.05) is 6.54 Å². The van der Waals surface area contributed by atoms with E-state index in [9.17, 15) is 9.59 Å². The average Bonchev–Trinajstić information content (AvgIpc) is 3.00. The Morgan fingerprint density at radius 3 is 2.73 bits per heavy atom. The van der Waals surface area contributed by atoms with E-state index in [4.69, 9.17) is 5.73 Å². The lowest BCUT2D eigenvalue weighted by Crippen LogP contribution is -2.56. The van der Waals surface area contributed by atoms with Crippen molar-refractivity contribution in [3.8, 4) is 0 Å². The molecule has 124 valence electrons. The van der Waals surface area contributed by atoms with Crippen LogP contribution in [-0.2, 0) is 4.79 Å². The van der Waals surface area contributed by atoms with Gasteiger partial charge in [0, 0.05) is 18.6 Å². The van der Waals surface area contributed by atoms with Gasteiger partial charge in [0.1, 0.15) is 6.04 Å². The molecule has 1 aliphatic heterocycles. The monoisotopic (exact) mass is 345 g/mol. The van der Waals surface area contributed by atoms with Crippen LogP contribution in [0.2, 0.25) is 0 Å². The minimum atomic E-state index is -0.529. The largest absolute Gasteiger partial charge is 0.340 e. The zero-order valence-corrected chi connectivity index (χ0v) is 14.6. The lowest BCUT2D eigenvalue weighted by Gasteiger charge is -2.39. The van der Waals surface area contributed by atoms with Crippen molar-refractivity contribution >= 4 is 35.6 Å². The van der Waals surface area contributed by atoms with Crippen molar-refractivity contribution in [2.24, 2.45) is 5.73 Å². The molecular weight excluding hydrogens is 322 g/mol. The number of halogens is 1. The smallest absolute Gasteiger partial charge is 0.261 e. The molecule has 1 aromatic rings. The number of hydrogen-bond acceptors (Lipinski definition) is 4. The molecule has 0 saturated carbocycles. The highest BCUT2D eigenvalue weighted by atomic mass is 35.5. The third-order valence-electron chi connectivity index (χ3n) is 3.90. The Kier molecular flexibility index (Phi) is 7.32. The summed E-state index contributed by atoms with van der Waals surface area (Å²) in [5.41, 5.74) is 5.99. The minimum absolute atomic E-state index is 0. The highest BCUT2D eigenvalue weighted by Gasteiger charge is 2.32. The Balaban J connectivity index is 0.00000242. The summed E-state index contributed by atoms with van der Waals surface area (Å²) in [6, 6.07) is 3.08. The van der Waals surface area contributed by atoms with Gasteiger partial charge >= 0.3 is 0 Å². The molecule has 0 aliphatic carbocycles. The van der Waals surface area contributed by atoms with E-state index in [1.54, 1.807) is 13.0 Å². The van der Waals surface area contributed by atoms with Gasteiger partial charge in [-0.15, -0.1) is 23.7 Å². The number of rotatable bonds is 4. The van der Waals surface area contributed by atoms with Crippen molar-refractivity contribution in [1.82, 2.24) is 10.2 Å². The van der Waals surface area contributed by atoms with Gasteiger partial charge in [0.15, 0.2) is 0 Å². The molecule has 0 bridgehead atoms. The standard InChI is InChI=1S/C15H23N3O2S.ClH/c1-10(16)12-6-3-4-8-18(12)15(20)11(2)17-14(19)13-7-5-9-21-13;/h5,7,9-12H,3-4,6,8,16H2,1-2H3,(H,17,19);1H. The summed E-state index contributed by atoms with van der Waals surface area (Å²) >= 11 is 1.37. The van der Waals surface area contributed by atoms with Gasteiger partial charge in [0.25, 0.3) is 5.91 Å². The van der Waals surface area contributed by atoms with Gasteiger partial charge in [-0.1, -0.05) is 6.07 Å². The molecule has 0 radical (unpaired) electrons. The molecule has 5 nitrogen and oxygen atoms in total. The summed E-state index contributed by atoms with van der Waals surface area (Å²) in [7, 11) is 0. The molecule has 22 heavy (non-hydrogen) atoms. The van der Waals surface area contributed by atoms with Crippen LogP contribution in [0, 0.1) is 0 Å². The molecule has 1 saturated heterocycles. The number of hydrogen-bond donors (Lipinski definition) is 2. The fourth-order valence-corrected chi connectivity index (χ4v) is 3.39. The number of amides is 2. The number of nitrogens with two attached hydrogens (primary N) is 1. The Morgan fingerprint density at radius 1 is 1.41 bits per heavy atom. The molecule has 1 aliphatic rings. The van der Waals surface area contributed by atoms with Gasteiger partial charge in [0.2, 0.25) is 5.91 Å². The van der Waals surface area contributed by atoms with E-state index in [0.717, 1.165) is 25.8 Å². The van der Waals surface area contributed by atoms with Crippen LogP contribution in [-0.4, -0.2) is 41.4 Å². The van der Waals surface area contributed by atoms with Crippen LogP contribution >= 0.6 is 23.7 Å². The molecule has 3 atom stereocenters. The zero-order chi connectivity index (χ0) is 15.4. The molecule has 3 unspecified atom stereocenters. The summed E-state index contributed by atoms with van der Waals surface area (Å²) in [4.78, 5) is 27.1. The maximum atomic E-state index is 12.6. The molecular formula is C15H24ClN3O2S. The zero-order valence-electron chi connectivity index (χ0n) is 13.0. The van der Waals surface area contributed by atoms with Crippen LogP contribution in [0.4, 0.5) is 0 Å². The third-order valence-corrected chi connectivity index (χ3v) is 4.77. The van der Waals surface area contributed by atoms with Gasteiger partial charge in [-0.2, -0.15) is 0 Å². The lowest BCUT2D eigenvalue weighted by molar-refractivity contribution is -0.137. The van der Waals surface area contributed by atoms with Crippen LogP contribution < -0.4 is 11.1 Å². The molecule has 2 amide bonds. The first-order valence-electron chi connectivity index (χ1n) is 7.41. The first-order chi connectivity index (χ1) is 10.0. The van der Waals surface area contributed by atoms with Gasteiger partial charge in [0.05, 0.1) is 4.88 Å². The van der Waals surface area contributed by atoms with E-state index in [-0.39, 0.29) is 36.3 Å². The van der Waals surface area contributed by atoms with Crippen molar-refractivity contribution in [3.63, 3.8) is 0 Å². The second-order valence-electron chi connectivity index (χ2n) is 5.63. The SMILES string of the molecule is CC(NC(=O)c1cccs1)C(=O)N1CCCCC1C(C)N.Cl.